The molecule has 0 aromatic carbocycles. The van der Waals surface area contributed by atoms with Gasteiger partial charge in [-0.3, -0.25) is 9.59 Å². The number of anilines is 1. The first-order valence-electron chi connectivity index (χ1n) is 9.27. The van der Waals surface area contributed by atoms with Crippen LogP contribution >= 0.6 is 0 Å². The Morgan fingerprint density at radius 2 is 2.00 bits per heavy atom. The third-order valence-corrected chi connectivity index (χ3v) is 4.65. The Balaban J connectivity index is 1.66. The largest absolute Gasteiger partial charge is 0.384 e. The summed E-state index contributed by atoms with van der Waals surface area (Å²) >= 11 is 0. The molecule has 3 aromatic heterocycles. The lowest BCUT2D eigenvalue weighted by atomic mass is 10.1. The highest BCUT2D eigenvalue weighted by molar-refractivity contribution is 5.78. The van der Waals surface area contributed by atoms with E-state index in [0.717, 1.165) is 28.3 Å². The third-order valence-electron chi connectivity index (χ3n) is 4.65. The molecule has 0 bridgehead atoms. The lowest BCUT2D eigenvalue weighted by Gasteiger charge is -2.13. The minimum absolute atomic E-state index is 0.00218. The van der Waals surface area contributed by atoms with E-state index in [4.69, 9.17) is 5.73 Å². The molecule has 5 N–H and O–H groups in total. The number of aryl methyl sites for hydroxylation is 3. The molecule has 0 aliphatic carbocycles. The lowest BCUT2D eigenvalue weighted by Crippen LogP contribution is -2.34. The van der Waals surface area contributed by atoms with Gasteiger partial charge < -0.3 is 21.5 Å². The Morgan fingerprint density at radius 1 is 1.21 bits per heavy atom. The van der Waals surface area contributed by atoms with Crippen LogP contribution in [0.1, 0.15) is 33.9 Å². The van der Waals surface area contributed by atoms with Crippen molar-refractivity contribution in [3.05, 3.63) is 74.8 Å². The molecule has 3 rings (SSSR count). The molecule has 0 aliphatic rings. The van der Waals surface area contributed by atoms with Gasteiger partial charge in [-0.05, 0) is 44.0 Å². The highest BCUT2D eigenvalue weighted by Gasteiger charge is 2.13. The summed E-state index contributed by atoms with van der Waals surface area (Å²) in [7, 11) is 0. The molecule has 0 radical (unpaired) electrons. The minimum atomic E-state index is -0.248. The van der Waals surface area contributed by atoms with Gasteiger partial charge in [-0.15, -0.1) is 0 Å². The number of hydrogen-bond acceptors (Lipinski definition) is 6. The molecule has 152 valence electrons. The van der Waals surface area contributed by atoms with E-state index in [1.165, 1.54) is 4.68 Å². The zero-order chi connectivity index (χ0) is 21.0. The Bertz CT molecular complexity index is 1080. The minimum Gasteiger partial charge on any atom is -0.384 e. The molecule has 3 heterocycles. The van der Waals surface area contributed by atoms with Crippen molar-refractivity contribution in [2.75, 3.05) is 11.2 Å². The smallest absolute Gasteiger partial charge is 0.272 e. The molecule has 0 saturated heterocycles. The predicted molar refractivity (Wildman–Crippen MR) is 111 cm³/mol. The summed E-state index contributed by atoms with van der Waals surface area (Å²) in [5.74, 6) is 1.01. The van der Waals surface area contributed by atoms with Crippen molar-refractivity contribution < 1.29 is 4.79 Å². The second kappa shape index (κ2) is 8.59. The van der Waals surface area contributed by atoms with Gasteiger partial charge >= 0.3 is 0 Å². The number of rotatable bonds is 7. The van der Waals surface area contributed by atoms with Crippen LogP contribution in [-0.2, 0) is 24.3 Å². The number of aromatic amines is 1. The van der Waals surface area contributed by atoms with Crippen LogP contribution in [0.5, 0.6) is 0 Å². The fraction of sp³-hybridized carbons (Fsp3) is 0.300. The van der Waals surface area contributed by atoms with E-state index < -0.39 is 0 Å². The molecule has 0 atom stereocenters. The van der Waals surface area contributed by atoms with Gasteiger partial charge in [0.15, 0.2) is 0 Å². The van der Waals surface area contributed by atoms with Gasteiger partial charge in [0.1, 0.15) is 11.6 Å². The number of H-pyrrole nitrogens is 1. The first-order valence-corrected chi connectivity index (χ1v) is 9.27. The fourth-order valence-electron chi connectivity index (χ4n) is 2.95. The van der Waals surface area contributed by atoms with E-state index in [2.05, 4.69) is 25.7 Å². The molecule has 3 aromatic rings. The summed E-state index contributed by atoms with van der Waals surface area (Å²) in [6.45, 7) is 6.26. The average Bonchev–Trinajstić information content (AvgIpc) is 3.09. The summed E-state index contributed by atoms with van der Waals surface area (Å²) < 4.78 is 1.39. The van der Waals surface area contributed by atoms with E-state index in [9.17, 15) is 9.59 Å². The molecule has 0 saturated carbocycles. The standard InChI is InChI=1S/C20H25N7O2/c1-12-6-7-27(24-11-16-10-22-14(3)26-16)20(29)17(12)8-19(28)23-9-15-4-5-18(21)25-13(15)2/h4-7,10,24H,8-9,11H2,1-3H3,(H2,21,25)(H,22,26)(H,23,28). The van der Waals surface area contributed by atoms with E-state index in [0.29, 0.717) is 24.5 Å². The van der Waals surface area contributed by atoms with Gasteiger partial charge in [0, 0.05) is 24.0 Å². The molecular weight excluding hydrogens is 370 g/mol. The van der Waals surface area contributed by atoms with Gasteiger partial charge in [0.05, 0.1) is 24.9 Å². The SMILES string of the molecule is Cc1ncc(CNn2ccc(C)c(CC(=O)NCc3ccc(N)nc3C)c2=O)[nH]1. The molecule has 29 heavy (non-hydrogen) atoms. The summed E-state index contributed by atoms with van der Waals surface area (Å²) in [5.41, 5.74) is 12.2. The molecule has 0 aliphatic heterocycles. The molecule has 0 unspecified atom stereocenters. The van der Waals surface area contributed by atoms with Gasteiger partial charge in [0.2, 0.25) is 5.91 Å². The van der Waals surface area contributed by atoms with Gasteiger partial charge in [-0.25, -0.2) is 14.6 Å². The van der Waals surface area contributed by atoms with Crippen molar-refractivity contribution >= 4 is 11.7 Å². The Kier molecular flexibility index (Phi) is 5.96. The number of aromatic nitrogens is 4. The zero-order valence-corrected chi connectivity index (χ0v) is 16.7. The monoisotopic (exact) mass is 395 g/mol. The van der Waals surface area contributed by atoms with Crippen molar-refractivity contribution in [1.82, 2.24) is 24.9 Å². The number of carbonyl (C=O) groups excluding carboxylic acids is 1. The average molecular weight is 395 g/mol. The molecule has 0 spiro atoms. The third kappa shape index (κ3) is 5.01. The Morgan fingerprint density at radius 3 is 2.69 bits per heavy atom. The normalized spacial score (nSPS) is 10.7. The van der Waals surface area contributed by atoms with Gasteiger partial charge in [0.25, 0.3) is 5.56 Å². The number of nitrogen functional groups attached to an aromatic ring is 1. The maximum atomic E-state index is 12.8. The zero-order valence-electron chi connectivity index (χ0n) is 16.7. The van der Waals surface area contributed by atoms with Crippen molar-refractivity contribution in [2.45, 2.75) is 40.3 Å². The van der Waals surface area contributed by atoms with Crippen LogP contribution in [0.2, 0.25) is 0 Å². The van der Waals surface area contributed by atoms with Crippen LogP contribution in [0, 0.1) is 20.8 Å². The van der Waals surface area contributed by atoms with Crippen molar-refractivity contribution in [2.24, 2.45) is 0 Å². The molecule has 1 amide bonds. The number of amides is 1. The van der Waals surface area contributed by atoms with Gasteiger partial charge in [-0.1, -0.05) is 6.07 Å². The highest BCUT2D eigenvalue weighted by Crippen LogP contribution is 2.08. The van der Waals surface area contributed by atoms with Crippen molar-refractivity contribution in [3.63, 3.8) is 0 Å². The number of nitrogens with one attached hydrogen (secondary N) is 3. The summed E-state index contributed by atoms with van der Waals surface area (Å²) in [5, 5.41) is 2.84. The van der Waals surface area contributed by atoms with Crippen LogP contribution in [0.25, 0.3) is 0 Å². The quantitative estimate of drug-likeness (QED) is 0.473. The predicted octanol–water partition coefficient (Wildman–Crippen LogP) is 1.08. The molecule has 9 heteroatoms. The topological polar surface area (TPSA) is 131 Å². The molecule has 0 fully saturated rings. The first-order chi connectivity index (χ1) is 13.8. The van der Waals surface area contributed by atoms with Crippen LogP contribution in [-0.4, -0.2) is 25.5 Å². The summed E-state index contributed by atoms with van der Waals surface area (Å²) in [4.78, 5) is 36.6. The van der Waals surface area contributed by atoms with Crippen LogP contribution < -0.4 is 22.0 Å². The number of carbonyl (C=O) groups is 1. The number of hydrogen-bond donors (Lipinski definition) is 4. The van der Waals surface area contributed by atoms with Gasteiger partial charge in [-0.2, -0.15) is 0 Å². The molecule has 9 nitrogen and oxygen atoms in total. The number of pyridine rings is 2. The lowest BCUT2D eigenvalue weighted by molar-refractivity contribution is -0.120. The maximum absolute atomic E-state index is 12.8. The summed E-state index contributed by atoms with van der Waals surface area (Å²) in [6.07, 6.45) is 3.37. The summed E-state index contributed by atoms with van der Waals surface area (Å²) in [6, 6.07) is 5.34. The number of nitrogens with two attached hydrogens (primary N) is 1. The Labute approximate surface area is 168 Å². The van der Waals surface area contributed by atoms with Crippen LogP contribution in [0.4, 0.5) is 5.82 Å². The second-order valence-electron chi connectivity index (χ2n) is 6.92. The van der Waals surface area contributed by atoms with E-state index in [-0.39, 0.29) is 17.9 Å². The van der Waals surface area contributed by atoms with Crippen molar-refractivity contribution in [3.8, 4) is 0 Å². The van der Waals surface area contributed by atoms with E-state index in [1.54, 1.807) is 18.5 Å². The number of imidazole rings is 1. The highest BCUT2D eigenvalue weighted by atomic mass is 16.2. The maximum Gasteiger partial charge on any atom is 0.272 e. The first kappa shape index (κ1) is 20.1. The fourth-order valence-corrected chi connectivity index (χ4v) is 2.95. The molecular formula is C20H25N7O2. The van der Waals surface area contributed by atoms with Crippen LogP contribution in [0.3, 0.4) is 0 Å². The number of nitrogens with zero attached hydrogens (tertiary/aromatic N) is 3. The second-order valence-corrected chi connectivity index (χ2v) is 6.92. The van der Waals surface area contributed by atoms with Crippen LogP contribution in [0.15, 0.2) is 35.4 Å². The Hall–Kier alpha value is -3.62. The van der Waals surface area contributed by atoms with E-state index >= 15 is 0 Å². The van der Waals surface area contributed by atoms with Crippen molar-refractivity contribution in [1.29, 1.82) is 0 Å². The van der Waals surface area contributed by atoms with E-state index in [1.807, 2.05) is 32.9 Å².